The summed E-state index contributed by atoms with van der Waals surface area (Å²) in [5, 5.41) is 0. The van der Waals surface area contributed by atoms with Gasteiger partial charge in [0.15, 0.2) is 0 Å². The van der Waals surface area contributed by atoms with Gasteiger partial charge in [-0.3, -0.25) is 4.98 Å². The maximum absolute atomic E-state index is 6.11. The van der Waals surface area contributed by atoms with Crippen molar-refractivity contribution in [1.29, 1.82) is 0 Å². The minimum Gasteiger partial charge on any atom is -0.486 e. The lowest BCUT2D eigenvalue weighted by Gasteiger charge is -2.24. The Kier molecular flexibility index (Phi) is 3.94. The minimum atomic E-state index is 0.0295. The molecule has 2 saturated heterocycles. The van der Waals surface area contributed by atoms with E-state index in [0.717, 1.165) is 31.7 Å². The van der Waals surface area contributed by atoms with Crippen molar-refractivity contribution in [1.82, 2.24) is 9.88 Å². The number of nitrogens with zero attached hydrogens (tertiary/aromatic N) is 2. The number of aromatic nitrogens is 1. The fraction of sp³-hybridized carbons (Fsp3) is 0.688. The SMILES string of the molecule is CC(C)CN1CCC2(CC(Oc3cccnc3)CO2)C1. The van der Waals surface area contributed by atoms with Gasteiger partial charge in [-0.05, 0) is 24.5 Å². The van der Waals surface area contributed by atoms with Crippen molar-refractivity contribution in [2.45, 2.75) is 38.4 Å². The largest absolute Gasteiger partial charge is 0.486 e. The Morgan fingerprint density at radius 1 is 1.55 bits per heavy atom. The summed E-state index contributed by atoms with van der Waals surface area (Å²) < 4.78 is 12.1. The highest BCUT2D eigenvalue weighted by Crippen LogP contribution is 2.36. The van der Waals surface area contributed by atoms with Gasteiger partial charge in [-0.2, -0.15) is 0 Å². The van der Waals surface area contributed by atoms with Gasteiger partial charge < -0.3 is 14.4 Å². The molecule has 2 fully saturated rings. The number of hydrogen-bond acceptors (Lipinski definition) is 4. The zero-order valence-corrected chi connectivity index (χ0v) is 12.4. The van der Waals surface area contributed by atoms with E-state index in [1.807, 2.05) is 12.1 Å². The Bertz CT molecular complexity index is 437. The normalized spacial score (nSPS) is 30.4. The third kappa shape index (κ3) is 3.13. The Labute approximate surface area is 121 Å². The molecule has 1 aromatic heterocycles. The van der Waals surface area contributed by atoms with Crippen molar-refractivity contribution in [2.24, 2.45) is 5.92 Å². The van der Waals surface area contributed by atoms with E-state index in [1.54, 1.807) is 12.4 Å². The zero-order valence-electron chi connectivity index (χ0n) is 12.4. The van der Waals surface area contributed by atoms with Crippen LogP contribution in [0.3, 0.4) is 0 Å². The van der Waals surface area contributed by atoms with E-state index in [1.165, 1.54) is 6.54 Å². The number of ether oxygens (including phenoxy) is 2. The van der Waals surface area contributed by atoms with Gasteiger partial charge >= 0.3 is 0 Å². The van der Waals surface area contributed by atoms with Crippen molar-refractivity contribution in [3.63, 3.8) is 0 Å². The molecule has 2 unspecified atom stereocenters. The zero-order chi connectivity index (χ0) is 14.0. The third-order valence-electron chi connectivity index (χ3n) is 4.13. The second-order valence-corrected chi connectivity index (χ2v) is 6.51. The van der Waals surface area contributed by atoms with E-state index in [4.69, 9.17) is 9.47 Å². The fourth-order valence-electron chi connectivity index (χ4n) is 3.37. The molecule has 4 nitrogen and oxygen atoms in total. The van der Waals surface area contributed by atoms with Gasteiger partial charge in [-0.1, -0.05) is 13.8 Å². The second-order valence-electron chi connectivity index (χ2n) is 6.51. The van der Waals surface area contributed by atoms with Gasteiger partial charge in [0.05, 0.1) is 18.4 Å². The Balaban J connectivity index is 1.55. The second kappa shape index (κ2) is 5.70. The lowest BCUT2D eigenvalue weighted by Crippen LogP contribution is -2.34. The number of pyridine rings is 1. The van der Waals surface area contributed by atoms with Crippen LogP contribution in [-0.2, 0) is 4.74 Å². The maximum atomic E-state index is 6.11. The Morgan fingerprint density at radius 3 is 3.20 bits per heavy atom. The van der Waals surface area contributed by atoms with E-state index >= 15 is 0 Å². The number of likely N-dealkylation sites (tertiary alicyclic amines) is 1. The average Bonchev–Trinajstić information content (AvgIpc) is 2.98. The maximum Gasteiger partial charge on any atom is 0.138 e. The van der Waals surface area contributed by atoms with E-state index < -0.39 is 0 Å². The van der Waals surface area contributed by atoms with Gasteiger partial charge in [-0.25, -0.2) is 0 Å². The summed E-state index contributed by atoms with van der Waals surface area (Å²) in [7, 11) is 0. The van der Waals surface area contributed by atoms with Gasteiger partial charge in [0.2, 0.25) is 0 Å². The van der Waals surface area contributed by atoms with E-state index in [2.05, 4.69) is 23.7 Å². The van der Waals surface area contributed by atoms with Crippen LogP contribution in [0.15, 0.2) is 24.5 Å². The molecule has 1 aromatic rings. The predicted molar refractivity (Wildman–Crippen MR) is 77.8 cm³/mol. The third-order valence-corrected chi connectivity index (χ3v) is 4.13. The number of rotatable bonds is 4. The topological polar surface area (TPSA) is 34.6 Å². The molecule has 110 valence electrons. The van der Waals surface area contributed by atoms with Crippen LogP contribution in [0.25, 0.3) is 0 Å². The van der Waals surface area contributed by atoms with Crippen LogP contribution in [0.2, 0.25) is 0 Å². The van der Waals surface area contributed by atoms with Crippen LogP contribution in [-0.4, -0.2) is 47.8 Å². The predicted octanol–water partition coefficient (Wildman–Crippen LogP) is 2.35. The summed E-state index contributed by atoms with van der Waals surface area (Å²) in [6, 6.07) is 3.86. The van der Waals surface area contributed by atoms with Gasteiger partial charge in [-0.15, -0.1) is 0 Å². The standard InChI is InChI=1S/C16H24N2O2/c1-13(2)10-18-7-5-16(12-18)8-15(11-19-16)20-14-4-3-6-17-9-14/h3-4,6,9,13,15H,5,7-8,10-12H2,1-2H3. The van der Waals surface area contributed by atoms with Crippen LogP contribution in [0.4, 0.5) is 0 Å². The highest BCUT2D eigenvalue weighted by molar-refractivity contribution is 5.16. The molecule has 0 aromatic carbocycles. The summed E-state index contributed by atoms with van der Waals surface area (Å²) in [6.45, 7) is 8.61. The molecule has 2 atom stereocenters. The molecule has 0 N–H and O–H groups in total. The molecule has 3 rings (SSSR count). The molecule has 20 heavy (non-hydrogen) atoms. The summed E-state index contributed by atoms with van der Waals surface area (Å²) in [5.74, 6) is 1.56. The monoisotopic (exact) mass is 276 g/mol. The van der Waals surface area contributed by atoms with Crippen LogP contribution < -0.4 is 4.74 Å². The van der Waals surface area contributed by atoms with E-state index in [-0.39, 0.29) is 11.7 Å². The van der Waals surface area contributed by atoms with Crippen molar-refractivity contribution in [3.8, 4) is 5.75 Å². The molecule has 1 spiro atoms. The van der Waals surface area contributed by atoms with Crippen molar-refractivity contribution < 1.29 is 9.47 Å². The average molecular weight is 276 g/mol. The Morgan fingerprint density at radius 2 is 2.45 bits per heavy atom. The summed E-state index contributed by atoms with van der Waals surface area (Å²) >= 11 is 0. The minimum absolute atomic E-state index is 0.0295. The van der Waals surface area contributed by atoms with Crippen LogP contribution in [0.1, 0.15) is 26.7 Å². The molecular weight excluding hydrogens is 252 g/mol. The molecule has 3 heterocycles. The van der Waals surface area contributed by atoms with E-state index in [0.29, 0.717) is 12.5 Å². The quantitative estimate of drug-likeness (QED) is 0.845. The van der Waals surface area contributed by atoms with E-state index in [9.17, 15) is 0 Å². The molecule has 0 saturated carbocycles. The molecule has 2 aliphatic heterocycles. The number of hydrogen-bond donors (Lipinski definition) is 0. The van der Waals surface area contributed by atoms with Crippen molar-refractivity contribution in [3.05, 3.63) is 24.5 Å². The van der Waals surface area contributed by atoms with Crippen LogP contribution in [0, 0.1) is 5.92 Å². The first-order chi connectivity index (χ1) is 9.65. The highest BCUT2D eigenvalue weighted by atomic mass is 16.6. The lowest BCUT2D eigenvalue weighted by atomic mass is 9.98. The molecule has 2 aliphatic rings. The molecule has 0 aliphatic carbocycles. The van der Waals surface area contributed by atoms with Gasteiger partial charge in [0.25, 0.3) is 0 Å². The molecular formula is C16H24N2O2. The molecule has 4 heteroatoms. The summed E-state index contributed by atoms with van der Waals surface area (Å²) in [6.07, 6.45) is 5.83. The molecule has 0 bridgehead atoms. The van der Waals surface area contributed by atoms with Crippen molar-refractivity contribution >= 4 is 0 Å². The molecule has 0 radical (unpaired) electrons. The smallest absolute Gasteiger partial charge is 0.138 e. The Hall–Kier alpha value is -1.13. The lowest BCUT2D eigenvalue weighted by molar-refractivity contribution is 0.00920. The molecule has 0 amide bonds. The fourth-order valence-corrected chi connectivity index (χ4v) is 3.37. The summed E-state index contributed by atoms with van der Waals surface area (Å²) in [4.78, 5) is 6.61. The first kappa shape index (κ1) is 13.8. The first-order valence-corrected chi connectivity index (χ1v) is 7.58. The van der Waals surface area contributed by atoms with Crippen LogP contribution in [0.5, 0.6) is 5.75 Å². The highest BCUT2D eigenvalue weighted by Gasteiger charge is 2.46. The summed E-state index contributed by atoms with van der Waals surface area (Å²) in [5.41, 5.74) is 0.0295. The van der Waals surface area contributed by atoms with Gasteiger partial charge in [0, 0.05) is 32.3 Å². The van der Waals surface area contributed by atoms with Crippen molar-refractivity contribution in [2.75, 3.05) is 26.2 Å². The van der Waals surface area contributed by atoms with Gasteiger partial charge in [0.1, 0.15) is 11.9 Å². The van der Waals surface area contributed by atoms with Crippen LogP contribution >= 0.6 is 0 Å². The first-order valence-electron chi connectivity index (χ1n) is 7.58.